The normalized spacial score (nSPS) is 57.0. The monoisotopic (exact) mass is 310 g/mol. The van der Waals surface area contributed by atoms with Gasteiger partial charge in [-0.05, 0) is 43.9 Å². The fourth-order valence-corrected chi connectivity index (χ4v) is 5.34. The Labute approximate surface area is 131 Å². The van der Waals surface area contributed by atoms with Gasteiger partial charge in [-0.3, -0.25) is 0 Å². The molecule has 0 radical (unpaired) electrons. The molecule has 5 heteroatoms. The molecule has 8 atom stereocenters. The van der Waals surface area contributed by atoms with Crippen molar-refractivity contribution in [3.8, 4) is 0 Å². The van der Waals surface area contributed by atoms with E-state index in [4.69, 9.17) is 19.2 Å². The van der Waals surface area contributed by atoms with Crippen LogP contribution >= 0.6 is 0 Å². The van der Waals surface area contributed by atoms with E-state index in [1.807, 2.05) is 6.92 Å². The summed E-state index contributed by atoms with van der Waals surface area (Å²) in [6.45, 7) is 6.41. The van der Waals surface area contributed by atoms with Crippen LogP contribution in [0, 0.1) is 23.7 Å². The van der Waals surface area contributed by atoms with Crippen LogP contribution in [0.4, 0.5) is 0 Å². The number of carbonyl (C=O) groups is 1. The summed E-state index contributed by atoms with van der Waals surface area (Å²) < 4.78 is 12.5. The van der Waals surface area contributed by atoms with Gasteiger partial charge in [-0.2, -0.15) is 0 Å². The molecule has 0 aromatic rings. The number of hydrogen-bond donors (Lipinski definition) is 0. The Balaban J connectivity index is 1.77. The van der Waals surface area contributed by atoms with Crippen LogP contribution in [-0.2, 0) is 24.0 Å². The Bertz CT molecular complexity index is 468. The molecule has 0 aromatic heterocycles. The lowest BCUT2D eigenvalue weighted by atomic mass is 9.57. The summed E-state index contributed by atoms with van der Waals surface area (Å²) in [6, 6.07) is 0. The lowest BCUT2D eigenvalue weighted by molar-refractivity contribution is -0.570. The molecule has 0 amide bonds. The summed E-state index contributed by atoms with van der Waals surface area (Å²) in [7, 11) is 0. The highest BCUT2D eigenvalue weighted by atomic mass is 17.3. The Hall–Kier alpha value is -0.490. The first-order valence-electron chi connectivity index (χ1n) is 8.64. The van der Waals surface area contributed by atoms with Crippen LogP contribution in [0.15, 0.2) is 0 Å². The molecule has 1 unspecified atom stereocenters. The van der Waals surface area contributed by atoms with Crippen LogP contribution < -0.4 is 0 Å². The van der Waals surface area contributed by atoms with Crippen molar-refractivity contribution in [2.24, 2.45) is 23.7 Å². The van der Waals surface area contributed by atoms with Crippen molar-refractivity contribution in [2.45, 2.75) is 76.7 Å². The third-order valence-electron chi connectivity index (χ3n) is 6.62. The smallest absolute Gasteiger partial charge is 0.201 e. The molecule has 5 nitrogen and oxygen atoms in total. The Kier molecular flexibility index (Phi) is 3.42. The van der Waals surface area contributed by atoms with Crippen molar-refractivity contribution in [3.63, 3.8) is 0 Å². The molecule has 2 bridgehead atoms. The van der Waals surface area contributed by atoms with Crippen molar-refractivity contribution >= 4 is 6.29 Å². The van der Waals surface area contributed by atoms with Crippen molar-refractivity contribution < 1.29 is 24.0 Å². The molecule has 4 heterocycles. The van der Waals surface area contributed by atoms with Gasteiger partial charge in [0.1, 0.15) is 6.29 Å². The van der Waals surface area contributed by atoms with Crippen LogP contribution in [0.25, 0.3) is 0 Å². The van der Waals surface area contributed by atoms with E-state index in [0.29, 0.717) is 24.2 Å². The predicted octanol–water partition coefficient (Wildman–Crippen LogP) is 2.83. The molecule has 0 aromatic carbocycles. The van der Waals surface area contributed by atoms with E-state index >= 15 is 0 Å². The summed E-state index contributed by atoms with van der Waals surface area (Å²) in [5, 5.41) is 0. The predicted molar refractivity (Wildman–Crippen MR) is 77.5 cm³/mol. The Morgan fingerprint density at radius 1 is 1.14 bits per heavy atom. The second-order valence-corrected chi connectivity index (χ2v) is 7.85. The van der Waals surface area contributed by atoms with Gasteiger partial charge in [0.15, 0.2) is 11.9 Å². The SMILES string of the molecule is C[C@H]1[C@@H](CC=O)O[C@@H]2OC3(C)CC[C@H]4[C@H](C)CC[C@@H]1[C@@]24OO3. The highest BCUT2D eigenvalue weighted by Crippen LogP contribution is 2.60. The number of fused-ring (bicyclic) bond motifs is 2. The topological polar surface area (TPSA) is 54.0 Å². The van der Waals surface area contributed by atoms with Gasteiger partial charge in [-0.15, -0.1) is 0 Å². The first-order valence-corrected chi connectivity index (χ1v) is 8.64. The van der Waals surface area contributed by atoms with Crippen LogP contribution in [0.2, 0.25) is 0 Å². The van der Waals surface area contributed by atoms with Crippen LogP contribution in [0.5, 0.6) is 0 Å². The minimum atomic E-state index is -0.732. The van der Waals surface area contributed by atoms with E-state index < -0.39 is 17.7 Å². The number of hydrogen-bond acceptors (Lipinski definition) is 5. The highest BCUT2D eigenvalue weighted by molar-refractivity contribution is 5.50. The van der Waals surface area contributed by atoms with Gasteiger partial charge in [0, 0.05) is 18.8 Å². The van der Waals surface area contributed by atoms with E-state index in [-0.39, 0.29) is 12.0 Å². The minimum absolute atomic E-state index is 0.0845. The number of aldehydes is 1. The molecule has 1 saturated carbocycles. The molecule has 4 aliphatic heterocycles. The van der Waals surface area contributed by atoms with Crippen LogP contribution in [0.1, 0.15) is 52.9 Å². The summed E-state index contributed by atoms with van der Waals surface area (Å²) in [5.74, 6) is 0.820. The Morgan fingerprint density at radius 2 is 1.95 bits per heavy atom. The molecule has 5 fully saturated rings. The maximum Gasteiger partial charge on any atom is 0.201 e. The summed E-state index contributed by atoms with van der Waals surface area (Å²) >= 11 is 0. The number of rotatable bonds is 2. The lowest BCUT2D eigenvalue weighted by Gasteiger charge is -2.60. The molecule has 1 spiro atoms. The summed E-state index contributed by atoms with van der Waals surface area (Å²) in [5.41, 5.74) is -0.507. The highest BCUT2D eigenvalue weighted by Gasteiger charge is 2.69. The van der Waals surface area contributed by atoms with E-state index in [2.05, 4.69) is 13.8 Å². The third-order valence-corrected chi connectivity index (χ3v) is 6.62. The van der Waals surface area contributed by atoms with Crippen molar-refractivity contribution in [2.75, 3.05) is 0 Å². The molecule has 0 N–H and O–H groups in total. The number of carbonyl (C=O) groups excluding carboxylic acids is 1. The summed E-state index contributed by atoms with van der Waals surface area (Å²) in [6.07, 6.45) is 5.01. The van der Waals surface area contributed by atoms with Crippen molar-refractivity contribution in [1.82, 2.24) is 0 Å². The van der Waals surface area contributed by atoms with Gasteiger partial charge < -0.3 is 14.3 Å². The molecular formula is C17H26O5. The van der Waals surface area contributed by atoms with Gasteiger partial charge in [0.05, 0.1) is 6.10 Å². The lowest BCUT2D eigenvalue weighted by Crippen LogP contribution is -2.70. The van der Waals surface area contributed by atoms with E-state index in [9.17, 15) is 4.79 Å². The molecule has 22 heavy (non-hydrogen) atoms. The molecule has 4 saturated heterocycles. The first kappa shape index (κ1) is 15.1. The van der Waals surface area contributed by atoms with E-state index in [1.54, 1.807) is 0 Å². The average molecular weight is 310 g/mol. The van der Waals surface area contributed by atoms with Gasteiger partial charge in [-0.1, -0.05) is 13.8 Å². The number of ether oxygens (including phenoxy) is 2. The van der Waals surface area contributed by atoms with Gasteiger partial charge in [0.25, 0.3) is 0 Å². The van der Waals surface area contributed by atoms with E-state index in [1.165, 1.54) is 6.42 Å². The summed E-state index contributed by atoms with van der Waals surface area (Å²) in [4.78, 5) is 22.8. The standard InChI is InChI=1S/C17H26O5/c1-10-4-5-13-11(2)14(7-9-18)19-15-17(13)12(10)6-8-16(3,20-15)21-22-17/h9-15H,4-8H2,1-3H3/t10-,11-,12+,13+,14-,15-,16?,17-/m1/s1. The average Bonchev–Trinajstić information content (AvgIpc) is 2.71. The zero-order valence-corrected chi connectivity index (χ0v) is 13.6. The zero-order valence-electron chi connectivity index (χ0n) is 13.6. The fourth-order valence-electron chi connectivity index (χ4n) is 5.34. The largest absolute Gasteiger partial charge is 0.345 e. The van der Waals surface area contributed by atoms with Crippen LogP contribution in [-0.4, -0.2) is 30.1 Å². The van der Waals surface area contributed by atoms with Gasteiger partial charge in [-0.25, -0.2) is 9.78 Å². The maximum absolute atomic E-state index is 11.0. The molecule has 5 rings (SSSR count). The Morgan fingerprint density at radius 3 is 2.73 bits per heavy atom. The minimum Gasteiger partial charge on any atom is -0.345 e. The fraction of sp³-hybridized carbons (Fsp3) is 0.941. The first-order chi connectivity index (χ1) is 10.5. The zero-order chi connectivity index (χ0) is 15.5. The molecule has 1 aliphatic carbocycles. The van der Waals surface area contributed by atoms with Crippen LogP contribution in [0.3, 0.4) is 0 Å². The molecule has 124 valence electrons. The second-order valence-electron chi connectivity index (χ2n) is 7.85. The maximum atomic E-state index is 11.0. The molecule has 5 aliphatic rings. The quantitative estimate of drug-likeness (QED) is 0.580. The van der Waals surface area contributed by atoms with Gasteiger partial charge >= 0.3 is 0 Å². The van der Waals surface area contributed by atoms with Crippen molar-refractivity contribution in [3.05, 3.63) is 0 Å². The van der Waals surface area contributed by atoms with Crippen molar-refractivity contribution in [1.29, 1.82) is 0 Å². The van der Waals surface area contributed by atoms with E-state index in [0.717, 1.165) is 25.5 Å². The second kappa shape index (κ2) is 5.00. The third kappa shape index (κ3) is 1.89. The van der Waals surface area contributed by atoms with Gasteiger partial charge in [0.2, 0.25) is 5.79 Å². The molecular weight excluding hydrogens is 284 g/mol.